The van der Waals surface area contributed by atoms with Crippen LogP contribution in [0.25, 0.3) is 0 Å². The predicted molar refractivity (Wildman–Crippen MR) is 70.0 cm³/mol. The molecule has 0 aromatic carbocycles. The summed E-state index contributed by atoms with van der Waals surface area (Å²) < 4.78 is 3.32. The Bertz CT molecular complexity index is 640. The van der Waals surface area contributed by atoms with Crippen LogP contribution in [-0.4, -0.2) is 24.3 Å². The highest BCUT2D eigenvalue weighted by molar-refractivity contribution is 4.87. The Morgan fingerprint density at radius 1 is 1.32 bits per heavy atom. The summed E-state index contributed by atoms with van der Waals surface area (Å²) in [5.74, 6) is 0.853. The number of aryl methyl sites for hydroxylation is 3. The minimum Gasteiger partial charge on any atom is -0.300 e. The molecule has 0 unspecified atom stereocenters. The third-order valence-electron chi connectivity index (χ3n) is 2.89. The van der Waals surface area contributed by atoms with Crippen molar-refractivity contribution in [3.63, 3.8) is 0 Å². The molecular formula is C12H17N5O2. The van der Waals surface area contributed by atoms with Gasteiger partial charge in [-0.15, -0.1) is 0 Å². The molecular weight excluding hydrogens is 246 g/mol. The normalized spacial score (nSPS) is 10.8. The smallest absolute Gasteiger partial charge is 0.300 e. The van der Waals surface area contributed by atoms with Crippen LogP contribution in [0.2, 0.25) is 0 Å². The third-order valence-corrected chi connectivity index (χ3v) is 2.89. The Labute approximate surface area is 109 Å². The number of nitrogens with zero attached hydrogens (tertiary/aromatic N) is 4. The van der Waals surface area contributed by atoms with Crippen molar-refractivity contribution in [2.45, 2.75) is 39.3 Å². The fraction of sp³-hybridized carbons (Fsp3) is 0.500. The van der Waals surface area contributed by atoms with Crippen molar-refractivity contribution in [2.24, 2.45) is 0 Å². The second-order valence-corrected chi connectivity index (χ2v) is 4.31. The molecule has 0 bridgehead atoms. The lowest BCUT2D eigenvalue weighted by molar-refractivity contribution is 0.525. The van der Waals surface area contributed by atoms with Crippen LogP contribution in [0.15, 0.2) is 28.2 Å². The molecule has 0 spiro atoms. The van der Waals surface area contributed by atoms with E-state index in [4.69, 9.17) is 0 Å². The van der Waals surface area contributed by atoms with E-state index in [-0.39, 0.29) is 5.56 Å². The van der Waals surface area contributed by atoms with E-state index in [1.807, 2.05) is 4.68 Å². The second kappa shape index (κ2) is 6.12. The van der Waals surface area contributed by atoms with Crippen molar-refractivity contribution in [1.29, 1.82) is 0 Å². The maximum atomic E-state index is 11.5. The Morgan fingerprint density at radius 2 is 2.16 bits per heavy atom. The molecule has 0 aliphatic heterocycles. The van der Waals surface area contributed by atoms with Crippen molar-refractivity contribution < 1.29 is 0 Å². The average Bonchev–Trinajstić information content (AvgIpc) is 2.83. The fourth-order valence-corrected chi connectivity index (χ4v) is 1.82. The number of aromatic amines is 1. The molecule has 7 heteroatoms. The van der Waals surface area contributed by atoms with Gasteiger partial charge in [-0.3, -0.25) is 14.5 Å². The number of unbranched alkanes of at least 4 members (excludes halogenated alkanes) is 1. The van der Waals surface area contributed by atoms with Crippen LogP contribution >= 0.6 is 0 Å². The summed E-state index contributed by atoms with van der Waals surface area (Å²) in [6, 6.07) is 1.34. The standard InChI is InChI=1S/C12H17N5O2/c1-2-3-6-17-10(13-9-14-17)4-7-16-8-5-11(18)15-12(16)19/h5,8-9H,2-4,6-7H2,1H3,(H,15,18,19). The second-order valence-electron chi connectivity index (χ2n) is 4.31. The van der Waals surface area contributed by atoms with Crippen LogP contribution in [0.3, 0.4) is 0 Å². The molecule has 2 aromatic rings. The van der Waals surface area contributed by atoms with Gasteiger partial charge in [0.05, 0.1) is 0 Å². The Morgan fingerprint density at radius 3 is 2.89 bits per heavy atom. The quantitative estimate of drug-likeness (QED) is 0.805. The van der Waals surface area contributed by atoms with E-state index in [0.29, 0.717) is 13.0 Å². The molecule has 0 saturated carbocycles. The number of hydrogen-bond donors (Lipinski definition) is 1. The van der Waals surface area contributed by atoms with E-state index in [2.05, 4.69) is 22.0 Å². The molecule has 2 heterocycles. The van der Waals surface area contributed by atoms with E-state index in [1.165, 1.54) is 23.2 Å². The minimum absolute atomic E-state index is 0.382. The van der Waals surface area contributed by atoms with Crippen molar-refractivity contribution in [3.05, 3.63) is 45.3 Å². The average molecular weight is 263 g/mol. The van der Waals surface area contributed by atoms with Gasteiger partial charge in [-0.25, -0.2) is 9.78 Å². The Balaban J connectivity index is 2.04. The van der Waals surface area contributed by atoms with Crippen LogP contribution in [0.5, 0.6) is 0 Å². The molecule has 7 nitrogen and oxygen atoms in total. The first-order chi connectivity index (χ1) is 9.20. The van der Waals surface area contributed by atoms with Crippen LogP contribution in [0, 0.1) is 0 Å². The highest BCUT2D eigenvalue weighted by Crippen LogP contribution is 2.00. The summed E-state index contributed by atoms with van der Waals surface area (Å²) in [5.41, 5.74) is -0.778. The van der Waals surface area contributed by atoms with Gasteiger partial charge in [0.25, 0.3) is 5.56 Å². The Hall–Kier alpha value is -2.18. The molecule has 19 heavy (non-hydrogen) atoms. The number of rotatable bonds is 6. The lowest BCUT2D eigenvalue weighted by atomic mass is 10.3. The van der Waals surface area contributed by atoms with Gasteiger partial charge in [0.1, 0.15) is 12.2 Å². The molecule has 2 rings (SSSR count). The largest absolute Gasteiger partial charge is 0.328 e. The van der Waals surface area contributed by atoms with E-state index < -0.39 is 5.69 Å². The summed E-state index contributed by atoms with van der Waals surface area (Å²) in [6.45, 7) is 3.43. The number of aromatic nitrogens is 5. The van der Waals surface area contributed by atoms with Crippen LogP contribution in [0.4, 0.5) is 0 Å². The third kappa shape index (κ3) is 3.40. The molecule has 0 saturated heterocycles. The lowest BCUT2D eigenvalue weighted by Gasteiger charge is -2.06. The topological polar surface area (TPSA) is 85.6 Å². The van der Waals surface area contributed by atoms with Crippen LogP contribution < -0.4 is 11.2 Å². The van der Waals surface area contributed by atoms with Gasteiger partial charge >= 0.3 is 5.69 Å². The maximum absolute atomic E-state index is 11.5. The first kappa shape index (κ1) is 13.3. The number of hydrogen-bond acceptors (Lipinski definition) is 4. The molecule has 0 aliphatic rings. The highest BCUT2D eigenvalue weighted by Gasteiger charge is 2.05. The van der Waals surface area contributed by atoms with Gasteiger partial charge in [-0.2, -0.15) is 5.10 Å². The zero-order valence-corrected chi connectivity index (χ0v) is 10.9. The number of H-pyrrole nitrogens is 1. The van der Waals surface area contributed by atoms with E-state index in [9.17, 15) is 9.59 Å². The van der Waals surface area contributed by atoms with Crippen molar-refractivity contribution in [1.82, 2.24) is 24.3 Å². The number of nitrogens with one attached hydrogen (secondary N) is 1. The molecule has 1 N–H and O–H groups in total. The molecule has 0 fully saturated rings. The predicted octanol–water partition coefficient (Wildman–Crippen LogP) is 0.171. The molecule has 102 valence electrons. The van der Waals surface area contributed by atoms with Gasteiger partial charge in [0.2, 0.25) is 0 Å². The van der Waals surface area contributed by atoms with Gasteiger partial charge in [-0.1, -0.05) is 13.3 Å². The van der Waals surface area contributed by atoms with Gasteiger partial charge in [-0.05, 0) is 6.42 Å². The van der Waals surface area contributed by atoms with Gasteiger partial charge < -0.3 is 4.57 Å². The van der Waals surface area contributed by atoms with Gasteiger partial charge in [0, 0.05) is 31.8 Å². The molecule has 2 aromatic heterocycles. The van der Waals surface area contributed by atoms with Crippen LogP contribution in [-0.2, 0) is 19.5 Å². The van der Waals surface area contributed by atoms with Crippen molar-refractivity contribution >= 4 is 0 Å². The Kier molecular flexibility index (Phi) is 4.27. The first-order valence-corrected chi connectivity index (χ1v) is 6.37. The first-order valence-electron chi connectivity index (χ1n) is 6.37. The molecule has 0 radical (unpaired) electrons. The highest BCUT2D eigenvalue weighted by atomic mass is 16.2. The van der Waals surface area contributed by atoms with Crippen LogP contribution in [0.1, 0.15) is 25.6 Å². The summed E-state index contributed by atoms with van der Waals surface area (Å²) in [7, 11) is 0. The van der Waals surface area contributed by atoms with Crippen molar-refractivity contribution in [2.75, 3.05) is 0 Å². The maximum Gasteiger partial charge on any atom is 0.328 e. The summed E-state index contributed by atoms with van der Waals surface area (Å²) in [4.78, 5) is 28.9. The summed E-state index contributed by atoms with van der Waals surface area (Å²) in [5, 5.41) is 4.16. The zero-order valence-electron chi connectivity index (χ0n) is 10.9. The monoisotopic (exact) mass is 263 g/mol. The summed E-state index contributed by atoms with van der Waals surface area (Å²) in [6.07, 6.45) is 5.78. The lowest BCUT2D eigenvalue weighted by Crippen LogP contribution is -2.29. The molecule has 0 atom stereocenters. The van der Waals surface area contributed by atoms with Gasteiger partial charge in [0.15, 0.2) is 0 Å². The molecule has 0 amide bonds. The van der Waals surface area contributed by atoms with E-state index >= 15 is 0 Å². The fourth-order valence-electron chi connectivity index (χ4n) is 1.82. The van der Waals surface area contributed by atoms with Crippen molar-refractivity contribution in [3.8, 4) is 0 Å². The summed E-state index contributed by atoms with van der Waals surface area (Å²) >= 11 is 0. The molecule has 0 aliphatic carbocycles. The zero-order chi connectivity index (χ0) is 13.7. The van der Waals surface area contributed by atoms with E-state index in [1.54, 1.807) is 0 Å². The SMILES string of the molecule is CCCCn1ncnc1CCn1ccc(=O)[nH]c1=O. The minimum atomic E-state index is -0.396. The van der Waals surface area contributed by atoms with E-state index in [0.717, 1.165) is 25.2 Å².